The Morgan fingerprint density at radius 2 is 2.29 bits per heavy atom. The average Bonchev–Trinajstić information content (AvgIpc) is 2.73. The minimum absolute atomic E-state index is 0.0893. The molecule has 0 bridgehead atoms. The standard InChI is InChI=1S/C10H19N3O3S/c1-3-9-11-7-10(13-9)17(15,16)12-6-4-5-8(2)14/h7-8,12,14H,3-6H2,1-2H3,(H,11,13). The summed E-state index contributed by atoms with van der Waals surface area (Å²) < 4.78 is 26.0. The molecular formula is C10H19N3O3S. The van der Waals surface area contributed by atoms with Crippen LogP contribution in [0, 0.1) is 0 Å². The molecule has 98 valence electrons. The van der Waals surface area contributed by atoms with Crippen LogP contribution in [0.25, 0.3) is 0 Å². The van der Waals surface area contributed by atoms with Gasteiger partial charge in [-0.2, -0.15) is 0 Å². The number of aromatic amines is 1. The lowest BCUT2D eigenvalue weighted by molar-refractivity contribution is 0.182. The van der Waals surface area contributed by atoms with Crippen LogP contribution in [0.5, 0.6) is 0 Å². The van der Waals surface area contributed by atoms with E-state index in [9.17, 15) is 8.42 Å². The van der Waals surface area contributed by atoms with Crippen LogP contribution in [0.1, 0.15) is 32.5 Å². The third kappa shape index (κ3) is 4.45. The van der Waals surface area contributed by atoms with Gasteiger partial charge in [-0.25, -0.2) is 18.1 Å². The summed E-state index contributed by atoms with van der Waals surface area (Å²) in [5.41, 5.74) is 0. The minimum Gasteiger partial charge on any atom is -0.393 e. The van der Waals surface area contributed by atoms with Crippen LogP contribution in [-0.4, -0.2) is 36.1 Å². The fourth-order valence-corrected chi connectivity index (χ4v) is 2.35. The molecule has 0 spiro atoms. The first-order valence-corrected chi connectivity index (χ1v) is 7.15. The predicted octanol–water partition coefficient (Wildman–Crippen LogP) is 0.411. The fraction of sp³-hybridized carbons (Fsp3) is 0.700. The summed E-state index contributed by atoms with van der Waals surface area (Å²) in [5.74, 6) is 0.648. The Morgan fingerprint density at radius 3 is 2.82 bits per heavy atom. The van der Waals surface area contributed by atoms with Crippen molar-refractivity contribution in [2.45, 2.75) is 44.2 Å². The summed E-state index contributed by atoms with van der Waals surface area (Å²) in [6, 6.07) is 0. The number of aliphatic hydroxyl groups is 1. The Bertz CT molecular complexity index is 439. The number of sulfonamides is 1. The lowest BCUT2D eigenvalue weighted by Crippen LogP contribution is -2.25. The van der Waals surface area contributed by atoms with E-state index in [4.69, 9.17) is 5.11 Å². The van der Waals surface area contributed by atoms with Crippen LogP contribution >= 0.6 is 0 Å². The quantitative estimate of drug-likeness (QED) is 0.620. The first-order valence-electron chi connectivity index (χ1n) is 5.67. The van der Waals surface area contributed by atoms with Crippen LogP contribution in [0.3, 0.4) is 0 Å². The summed E-state index contributed by atoms with van der Waals surface area (Å²) >= 11 is 0. The van der Waals surface area contributed by atoms with Gasteiger partial charge in [-0.3, -0.25) is 0 Å². The van der Waals surface area contributed by atoms with Crippen LogP contribution in [0.2, 0.25) is 0 Å². The molecule has 0 saturated carbocycles. The molecule has 0 saturated heterocycles. The number of H-pyrrole nitrogens is 1. The number of imidazole rings is 1. The molecule has 0 aliphatic rings. The van der Waals surface area contributed by atoms with Crippen molar-refractivity contribution >= 4 is 10.0 Å². The van der Waals surface area contributed by atoms with E-state index in [1.165, 1.54) is 6.20 Å². The predicted molar refractivity (Wildman–Crippen MR) is 64.1 cm³/mol. The zero-order valence-corrected chi connectivity index (χ0v) is 10.9. The van der Waals surface area contributed by atoms with Gasteiger partial charge in [0.2, 0.25) is 0 Å². The maximum Gasteiger partial charge on any atom is 0.257 e. The smallest absolute Gasteiger partial charge is 0.257 e. The van der Waals surface area contributed by atoms with Crippen LogP contribution in [-0.2, 0) is 16.4 Å². The van der Waals surface area contributed by atoms with Crippen molar-refractivity contribution in [1.82, 2.24) is 14.7 Å². The number of aliphatic hydroxyl groups excluding tert-OH is 1. The van der Waals surface area contributed by atoms with Gasteiger partial charge in [0.05, 0.1) is 12.3 Å². The first kappa shape index (κ1) is 14.1. The summed E-state index contributed by atoms with van der Waals surface area (Å²) in [6.45, 7) is 3.88. The Hall–Kier alpha value is -0.920. The highest BCUT2D eigenvalue weighted by Crippen LogP contribution is 2.06. The number of hydrogen-bond donors (Lipinski definition) is 3. The number of nitrogens with zero attached hydrogens (tertiary/aromatic N) is 1. The molecule has 1 aromatic rings. The average molecular weight is 261 g/mol. The molecule has 17 heavy (non-hydrogen) atoms. The normalized spacial score (nSPS) is 13.8. The summed E-state index contributed by atoms with van der Waals surface area (Å²) in [6.07, 6.45) is 2.75. The van der Waals surface area contributed by atoms with E-state index in [0.29, 0.717) is 31.6 Å². The maximum absolute atomic E-state index is 11.8. The largest absolute Gasteiger partial charge is 0.393 e. The molecule has 0 aliphatic carbocycles. The van der Waals surface area contributed by atoms with E-state index in [-0.39, 0.29) is 5.03 Å². The highest BCUT2D eigenvalue weighted by atomic mass is 32.2. The molecule has 7 heteroatoms. The molecule has 3 N–H and O–H groups in total. The molecular weight excluding hydrogens is 242 g/mol. The summed E-state index contributed by atoms with van der Waals surface area (Å²) in [4.78, 5) is 6.68. The lowest BCUT2D eigenvalue weighted by Gasteiger charge is -2.05. The second kappa shape index (κ2) is 6.13. The van der Waals surface area contributed by atoms with Crippen molar-refractivity contribution in [1.29, 1.82) is 0 Å². The van der Waals surface area contributed by atoms with Gasteiger partial charge in [-0.1, -0.05) is 6.92 Å². The Kier molecular flexibility index (Phi) is 5.10. The van der Waals surface area contributed by atoms with E-state index in [0.717, 1.165) is 0 Å². The molecule has 6 nitrogen and oxygen atoms in total. The molecule has 0 amide bonds. The van der Waals surface area contributed by atoms with Crippen LogP contribution in [0.4, 0.5) is 0 Å². The first-order chi connectivity index (χ1) is 7.95. The van der Waals surface area contributed by atoms with E-state index in [2.05, 4.69) is 14.7 Å². The van der Waals surface area contributed by atoms with Gasteiger partial charge in [0, 0.05) is 13.0 Å². The van der Waals surface area contributed by atoms with Gasteiger partial charge in [0.25, 0.3) is 10.0 Å². The minimum atomic E-state index is -3.50. The monoisotopic (exact) mass is 261 g/mol. The molecule has 0 radical (unpaired) electrons. The number of hydrogen-bond acceptors (Lipinski definition) is 4. The summed E-state index contributed by atoms with van der Waals surface area (Å²) in [5, 5.41) is 9.13. The van der Waals surface area contributed by atoms with Crippen molar-refractivity contribution in [2.24, 2.45) is 0 Å². The second-order valence-corrected chi connectivity index (χ2v) is 5.67. The Labute approximate surface area is 102 Å². The molecule has 1 heterocycles. The number of aryl methyl sites for hydroxylation is 1. The lowest BCUT2D eigenvalue weighted by atomic mass is 10.2. The molecule has 1 rings (SSSR count). The van der Waals surface area contributed by atoms with Gasteiger partial charge in [0.15, 0.2) is 5.03 Å². The molecule has 0 fully saturated rings. The topological polar surface area (TPSA) is 95.1 Å². The number of rotatable bonds is 7. The highest BCUT2D eigenvalue weighted by molar-refractivity contribution is 7.89. The van der Waals surface area contributed by atoms with Crippen LogP contribution < -0.4 is 4.72 Å². The van der Waals surface area contributed by atoms with Gasteiger partial charge in [-0.05, 0) is 19.8 Å². The van der Waals surface area contributed by atoms with E-state index < -0.39 is 16.1 Å². The number of nitrogens with one attached hydrogen (secondary N) is 2. The molecule has 1 aromatic heterocycles. The van der Waals surface area contributed by atoms with Crippen molar-refractivity contribution in [3.8, 4) is 0 Å². The Morgan fingerprint density at radius 1 is 1.59 bits per heavy atom. The number of aromatic nitrogens is 2. The third-order valence-electron chi connectivity index (χ3n) is 2.32. The van der Waals surface area contributed by atoms with Crippen LogP contribution in [0.15, 0.2) is 11.2 Å². The molecule has 1 atom stereocenters. The SMILES string of the molecule is CCc1ncc(S(=O)(=O)NCCCC(C)O)[nH]1. The van der Waals surface area contributed by atoms with E-state index >= 15 is 0 Å². The highest BCUT2D eigenvalue weighted by Gasteiger charge is 2.15. The van der Waals surface area contributed by atoms with Gasteiger partial charge >= 0.3 is 0 Å². The fourth-order valence-electron chi connectivity index (χ4n) is 1.34. The van der Waals surface area contributed by atoms with Gasteiger partial charge < -0.3 is 10.1 Å². The maximum atomic E-state index is 11.8. The van der Waals surface area contributed by atoms with Crippen molar-refractivity contribution in [3.05, 3.63) is 12.0 Å². The Balaban J connectivity index is 2.51. The van der Waals surface area contributed by atoms with Gasteiger partial charge in [0.1, 0.15) is 5.82 Å². The summed E-state index contributed by atoms with van der Waals surface area (Å²) in [7, 11) is -3.50. The molecule has 1 unspecified atom stereocenters. The third-order valence-corrected chi connectivity index (χ3v) is 3.69. The van der Waals surface area contributed by atoms with Gasteiger partial charge in [-0.15, -0.1) is 0 Å². The zero-order valence-electron chi connectivity index (χ0n) is 10.1. The van der Waals surface area contributed by atoms with Crippen molar-refractivity contribution in [3.63, 3.8) is 0 Å². The second-order valence-electron chi connectivity index (χ2n) is 3.94. The molecule has 0 aromatic carbocycles. The van der Waals surface area contributed by atoms with E-state index in [1.54, 1.807) is 6.92 Å². The van der Waals surface area contributed by atoms with Crippen molar-refractivity contribution < 1.29 is 13.5 Å². The van der Waals surface area contributed by atoms with E-state index in [1.807, 2.05) is 6.92 Å². The molecule has 0 aliphatic heterocycles. The van der Waals surface area contributed by atoms with Crippen molar-refractivity contribution in [2.75, 3.05) is 6.54 Å². The zero-order chi connectivity index (χ0) is 12.9.